The lowest BCUT2D eigenvalue weighted by molar-refractivity contribution is 0.104. The summed E-state index contributed by atoms with van der Waals surface area (Å²) in [6.07, 6.45) is 1.66. The average molecular weight is 268 g/mol. The van der Waals surface area contributed by atoms with Crippen molar-refractivity contribution in [2.45, 2.75) is 13.2 Å². The normalized spacial score (nSPS) is 10.5. The number of hydrogen-bond donors (Lipinski definition) is 0. The summed E-state index contributed by atoms with van der Waals surface area (Å²) in [5, 5.41) is 1.38. The molecule has 0 saturated heterocycles. The van der Waals surface area contributed by atoms with E-state index in [4.69, 9.17) is 27.9 Å². The van der Waals surface area contributed by atoms with Crippen LogP contribution in [0.5, 0.6) is 0 Å². The van der Waals surface area contributed by atoms with Crippen molar-refractivity contribution in [2.24, 2.45) is 0 Å². The van der Waals surface area contributed by atoms with Crippen molar-refractivity contribution in [1.82, 2.24) is 4.98 Å². The Morgan fingerprint density at radius 2 is 1.88 bits per heavy atom. The molecule has 0 fully saturated rings. The topological polar surface area (TPSA) is 22.1 Å². The summed E-state index contributed by atoms with van der Waals surface area (Å²) in [5.41, 5.74) is 1.78. The zero-order chi connectivity index (χ0) is 12.1. The molecule has 4 heteroatoms. The summed E-state index contributed by atoms with van der Waals surface area (Å²) >= 11 is 11.9. The fourth-order valence-corrected chi connectivity index (χ4v) is 1.78. The van der Waals surface area contributed by atoms with Crippen molar-refractivity contribution in [1.29, 1.82) is 0 Å². The fourth-order valence-electron chi connectivity index (χ4n) is 1.41. The summed E-state index contributed by atoms with van der Waals surface area (Å²) in [6.45, 7) is 0.889. The minimum absolute atomic E-state index is 0.422. The summed E-state index contributed by atoms with van der Waals surface area (Å²) in [5.74, 6) is 0. The van der Waals surface area contributed by atoms with Crippen LogP contribution in [0.2, 0.25) is 10.0 Å². The van der Waals surface area contributed by atoms with Crippen LogP contribution in [0.15, 0.2) is 42.6 Å². The Morgan fingerprint density at radius 3 is 2.65 bits per heavy atom. The van der Waals surface area contributed by atoms with Crippen LogP contribution < -0.4 is 0 Å². The molecule has 2 rings (SSSR count). The quantitative estimate of drug-likeness (QED) is 0.832. The molecule has 1 aromatic heterocycles. The molecular weight excluding hydrogens is 257 g/mol. The van der Waals surface area contributed by atoms with Gasteiger partial charge in [-0.05, 0) is 23.8 Å². The van der Waals surface area contributed by atoms with Gasteiger partial charge in [0, 0.05) is 16.2 Å². The van der Waals surface area contributed by atoms with E-state index in [0.29, 0.717) is 23.3 Å². The van der Waals surface area contributed by atoms with Crippen molar-refractivity contribution in [3.8, 4) is 0 Å². The third-order valence-corrected chi connectivity index (χ3v) is 2.85. The first kappa shape index (κ1) is 12.4. The lowest BCUT2D eigenvalue weighted by Crippen LogP contribution is -1.96. The van der Waals surface area contributed by atoms with Gasteiger partial charge in [-0.2, -0.15) is 0 Å². The third-order valence-electron chi connectivity index (χ3n) is 2.24. The van der Waals surface area contributed by atoms with Gasteiger partial charge >= 0.3 is 0 Å². The highest BCUT2D eigenvalue weighted by atomic mass is 35.5. The minimum atomic E-state index is 0.422. The van der Waals surface area contributed by atoms with Gasteiger partial charge in [0.2, 0.25) is 0 Å². The first-order chi connectivity index (χ1) is 8.25. The van der Waals surface area contributed by atoms with Crippen molar-refractivity contribution in [3.05, 3.63) is 63.9 Å². The van der Waals surface area contributed by atoms with Gasteiger partial charge in [-0.15, -0.1) is 0 Å². The monoisotopic (exact) mass is 267 g/mol. The van der Waals surface area contributed by atoms with E-state index in [9.17, 15) is 0 Å². The van der Waals surface area contributed by atoms with E-state index in [2.05, 4.69) is 4.98 Å². The van der Waals surface area contributed by atoms with Crippen molar-refractivity contribution < 1.29 is 4.74 Å². The van der Waals surface area contributed by atoms with Gasteiger partial charge in [0.1, 0.15) is 0 Å². The van der Waals surface area contributed by atoms with Crippen LogP contribution in [0, 0.1) is 0 Å². The average Bonchev–Trinajstić information content (AvgIpc) is 2.32. The largest absolute Gasteiger partial charge is 0.370 e. The first-order valence-corrected chi connectivity index (χ1v) is 5.93. The van der Waals surface area contributed by atoms with E-state index >= 15 is 0 Å². The van der Waals surface area contributed by atoms with Gasteiger partial charge in [0.05, 0.1) is 18.9 Å². The maximum absolute atomic E-state index is 6.01. The number of ether oxygens (including phenoxy) is 1. The van der Waals surface area contributed by atoms with E-state index < -0.39 is 0 Å². The molecule has 0 amide bonds. The van der Waals surface area contributed by atoms with Crippen LogP contribution in [0.25, 0.3) is 0 Å². The van der Waals surface area contributed by atoms with Gasteiger partial charge in [-0.3, -0.25) is 4.98 Å². The Balaban J connectivity index is 1.90. The molecule has 0 aliphatic heterocycles. The second-order valence-corrected chi connectivity index (χ2v) is 4.39. The minimum Gasteiger partial charge on any atom is -0.370 e. The summed E-state index contributed by atoms with van der Waals surface area (Å²) in [7, 11) is 0. The lowest BCUT2D eigenvalue weighted by atomic mass is 10.2. The molecule has 0 aliphatic carbocycles. The van der Waals surface area contributed by atoms with Gasteiger partial charge in [-0.25, -0.2) is 0 Å². The highest BCUT2D eigenvalue weighted by molar-refractivity contribution is 6.31. The van der Waals surface area contributed by atoms with E-state index in [1.165, 1.54) is 0 Å². The van der Waals surface area contributed by atoms with Gasteiger partial charge in [0.25, 0.3) is 0 Å². The van der Waals surface area contributed by atoms with Gasteiger partial charge in [0.15, 0.2) is 0 Å². The van der Waals surface area contributed by atoms with Gasteiger partial charge in [-0.1, -0.05) is 41.4 Å². The van der Waals surface area contributed by atoms with E-state index in [1.54, 1.807) is 18.3 Å². The lowest BCUT2D eigenvalue weighted by Gasteiger charge is -2.05. The molecule has 0 spiro atoms. The summed E-state index contributed by atoms with van der Waals surface area (Å²) < 4.78 is 5.54. The molecule has 0 saturated carbocycles. The van der Waals surface area contributed by atoms with Crippen LogP contribution in [0.3, 0.4) is 0 Å². The molecule has 88 valence electrons. The number of aromatic nitrogens is 1. The first-order valence-electron chi connectivity index (χ1n) is 5.17. The van der Waals surface area contributed by atoms with E-state index in [-0.39, 0.29) is 0 Å². The number of pyridine rings is 1. The number of benzene rings is 1. The molecule has 2 nitrogen and oxygen atoms in total. The number of nitrogens with zero attached hydrogens (tertiary/aromatic N) is 1. The molecule has 2 aromatic rings. The predicted octanol–water partition coefficient (Wildman–Crippen LogP) is 4.11. The van der Waals surface area contributed by atoms with Crippen molar-refractivity contribution in [2.75, 3.05) is 0 Å². The molecule has 0 unspecified atom stereocenters. The summed E-state index contributed by atoms with van der Waals surface area (Å²) in [4.78, 5) is 4.15. The van der Waals surface area contributed by atoms with Crippen molar-refractivity contribution in [3.63, 3.8) is 0 Å². The zero-order valence-electron chi connectivity index (χ0n) is 9.07. The smallest absolute Gasteiger partial charge is 0.0892 e. The molecule has 1 aromatic carbocycles. The van der Waals surface area contributed by atoms with E-state index in [0.717, 1.165) is 11.3 Å². The maximum atomic E-state index is 6.01. The number of halogens is 2. The Morgan fingerprint density at radius 1 is 1.06 bits per heavy atom. The molecule has 0 aliphatic rings. The SMILES string of the molecule is Clc1ccnc(COCc2ccccc2Cl)c1. The van der Waals surface area contributed by atoms with Crippen LogP contribution in [-0.2, 0) is 18.0 Å². The van der Waals surface area contributed by atoms with E-state index in [1.807, 2.05) is 24.3 Å². The highest BCUT2D eigenvalue weighted by Crippen LogP contribution is 2.16. The predicted molar refractivity (Wildman–Crippen MR) is 69.2 cm³/mol. The molecule has 17 heavy (non-hydrogen) atoms. The molecular formula is C13H11Cl2NO. The molecule has 0 N–H and O–H groups in total. The molecule has 1 heterocycles. The Kier molecular flexibility index (Phi) is 4.37. The molecule has 0 bridgehead atoms. The van der Waals surface area contributed by atoms with Crippen LogP contribution in [0.1, 0.15) is 11.3 Å². The third kappa shape index (κ3) is 3.70. The van der Waals surface area contributed by atoms with Gasteiger partial charge < -0.3 is 4.74 Å². The van der Waals surface area contributed by atoms with Crippen LogP contribution in [-0.4, -0.2) is 4.98 Å². The second kappa shape index (κ2) is 6.01. The Labute approximate surface area is 110 Å². The molecule has 0 atom stereocenters. The van der Waals surface area contributed by atoms with Crippen LogP contribution in [0.4, 0.5) is 0 Å². The Bertz CT molecular complexity index is 502. The summed E-state index contributed by atoms with van der Waals surface area (Å²) in [6, 6.07) is 11.1. The second-order valence-electron chi connectivity index (χ2n) is 3.55. The number of hydrogen-bond acceptors (Lipinski definition) is 2. The van der Waals surface area contributed by atoms with Crippen LogP contribution >= 0.6 is 23.2 Å². The standard InChI is InChI=1S/C13H11Cl2NO/c14-11-5-6-16-12(7-11)9-17-8-10-3-1-2-4-13(10)15/h1-7H,8-9H2. The number of rotatable bonds is 4. The fraction of sp³-hybridized carbons (Fsp3) is 0.154. The maximum Gasteiger partial charge on any atom is 0.0892 e. The van der Waals surface area contributed by atoms with Crippen molar-refractivity contribution >= 4 is 23.2 Å². The molecule has 0 radical (unpaired) electrons. The highest BCUT2D eigenvalue weighted by Gasteiger charge is 2.00. The zero-order valence-corrected chi connectivity index (χ0v) is 10.6. The Hall–Kier alpha value is -1.09.